The van der Waals surface area contributed by atoms with Crippen LogP contribution in [0.5, 0.6) is 11.5 Å². The van der Waals surface area contributed by atoms with Crippen LogP contribution in [-0.4, -0.2) is 72.7 Å². The normalized spacial score (nSPS) is 12.9. The van der Waals surface area contributed by atoms with Crippen molar-refractivity contribution < 1.29 is 31.4 Å². The summed E-state index contributed by atoms with van der Waals surface area (Å²) in [7, 11) is -3.25. The first kappa shape index (κ1) is 28.5. The quantitative estimate of drug-likeness (QED) is 0.289. The molecule has 1 N–H and O–H groups in total. The predicted molar refractivity (Wildman–Crippen MR) is 144 cm³/mol. The lowest BCUT2D eigenvalue weighted by molar-refractivity contribution is 0.198. The lowest BCUT2D eigenvalue weighted by Crippen LogP contribution is -2.20. The SMILES string of the molecule is COc1cccc(OC)c1-n1c(CS(=O)(=O)C[C@@H](O)c2ccc(Cl)cc2S(C)(=O)=O)nnc1-c1ccn(C)n1. The van der Waals surface area contributed by atoms with Crippen molar-refractivity contribution >= 4 is 31.3 Å². The maximum Gasteiger partial charge on any atom is 0.189 e. The van der Waals surface area contributed by atoms with E-state index < -0.39 is 37.3 Å². The second kappa shape index (κ2) is 11.0. The molecule has 0 aliphatic rings. The van der Waals surface area contributed by atoms with Crippen LogP contribution in [0.1, 0.15) is 17.5 Å². The second-order valence-corrected chi connectivity index (χ2v) is 13.2. The zero-order chi connectivity index (χ0) is 28.5. The van der Waals surface area contributed by atoms with Crippen molar-refractivity contribution in [2.75, 3.05) is 26.2 Å². The van der Waals surface area contributed by atoms with Gasteiger partial charge in [0.1, 0.15) is 28.6 Å². The van der Waals surface area contributed by atoms with Crippen LogP contribution >= 0.6 is 11.6 Å². The average Bonchev–Trinajstić information content (AvgIpc) is 3.47. The van der Waals surface area contributed by atoms with Crippen molar-refractivity contribution in [3.63, 3.8) is 0 Å². The molecular weight excluding hydrogens is 570 g/mol. The largest absolute Gasteiger partial charge is 0.494 e. The molecule has 0 aliphatic heterocycles. The first-order valence-electron chi connectivity index (χ1n) is 11.4. The molecule has 208 valence electrons. The van der Waals surface area contributed by atoms with Gasteiger partial charge in [-0.05, 0) is 30.3 Å². The zero-order valence-electron chi connectivity index (χ0n) is 21.4. The highest BCUT2D eigenvalue weighted by molar-refractivity contribution is 7.91. The Morgan fingerprint density at radius 2 is 1.69 bits per heavy atom. The summed E-state index contributed by atoms with van der Waals surface area (Å²) < 4.78 is 65.3. The standard InChI is InChI=1S/C24H26ClN5O7S2/c1-29-11-10-17(28-29)24-27-26-22(30(24)23-19(36-2)6-5-7-20(23)37-3)14-39(34,35)13-18(31)16-9-8-15(25)12-21(16)38(4,32)33/h5-12,18,31H,13-14H2,1-4H3/t18-/m1/s1. The number of methoxy groups -OCH3 is 2. The van der Waals surface area contributed by atoms with Crippen molar-refractivity contribution in [2.24, 2.45) is 7.05 Å². The van der Waals surface area contributed by atoms with Gasteiger partial charge in [-0.2, -0.15) is 5.10 Å². The number of sulfone groups is 2. The van der Waals surface area contributed by atoms with Crippen LogP contribution in [-0.2, 0) is 32.5 Å². The molecule has 0 saturated heterocycles. The number of nitrogens with zero attached hydrogens (tertiary/aromatic N) is 5. The molecule has 0 radical (unpaired) electrons. The third-order valence-corrected chi connectivity index (χ3v) is 8.70. The number of rotatable bonds is 10. The molecule has 2 aromatic carbocycles. The number of aliphatic hydroxyl groups is 1. The average molecular weight is 596 g/mol. The molecule has 0 aliphatic carbocycles. The van der Waals surface area contributed by atoms with Gasteiger partial charge in [0.2, 0.25) is 0 Å². The second-order valence-electron chi connectivity index (χ2n) is 8.69. The third-order valence-electron chi connectivity index (χ3n) is 5.79. The van der Waals surface area contributed by atoms with E-state index >= 15 is 0 Å². The number of benzene rings is 2. The van der Waals surface area contributed by atoms with Crippen LogP contribution in [0.2, 0.25) is 5.02 Å². The fourth-order valence-corrected chi connectivity index (χ4v) is 6.66. The Kier molecular flexibility index (Phi) is 8.02. The molecule has 4 aromatic rings. The summed E-state index contributed by atoms with van der Waals surface area (Å²) >= 11 is 5.94. The number of aryl methyl sites for hydroxylation is 1. The Balaban J connectivity index is 1.79. The van der Waals surface area contributed by atoms with Gasteiger partial charge in [0, 0.05) is 30.1 Å². The molecule has 0 amide bonds. The highest BCUT2D eigenvalue weighted by atomic mass is 35.5. The molecule has 4 rings (SSSR count). The summed E-state index contributed by atoms with van der Waals surface area (Å²) in [6.45, 7) is 0. The summed E-state index contributed by atoms with van der Waals surface area (Å²) in [4.78, 5) is -0.253. The van der Waals surface area contributed by atoms with Gasteiger partial charge >= 0.3 is 0 Å². The number of hydrogen-bond donors (Lipinski definition) is 1. The number of para-hydroxylation sites is 1. The van der Waals surface area contributed by atoms with Crippen LogP contribution < -0.4 is 9.47 Å². The number of hydrogen-bond acceptors (Lipinski definition) is 10. The molecule has 0 saturated carbocycles. The molecule has 39 heavy (non-hydrogen) atoms. The maximum absolute atomic E-state index is 13.4. The number of aliphatic hydroxyl groups excluding tert-OH is 1. The number of halogens is 1. The molecular formula is C24H26ClN5O7S2. The predicted octanol–water partition coefficient (Wildman–Crippen LogP) is 2.39. The maximum atomic E-state index is 13.4. The van der Waals surface area contributed by atoms with Crippen molar-refractivity contribution in [3.05, 3.63) is 65.1 Å². The van der Waals surface area contributed by atoms with E-state index in [-0.39, 0.29) is 27.1 Å². The topological polar surface area (TPSA) is 156 Å². The molecule has 0 spiro atoms. The van der Waals surface area contributed by atoms with Gasteiger partial charge in [0.25, 0.3) is 0 Å². The van der Waals surface area contributed by atoms with E-state index in [1.54, 1.807) is 42.2 Å². The smallest absolute Gasteiger partial charge is 0.189 e. The minimum absolute atomic E-state index is 0.00472. The molecule has 0 fully saturated rings. The van der Waals surface area contributed by atoms with Crippen LogP contribution in [0.15, 0.2) is 53.6 Å². The first-order chi connectivity index (χ1) is 18.3. The minimum Gasteiger partial charge on any atom is -0.494 e. The number of aromatic nitrogens is 5. The van der Waals surface area contributed by atoms with Crippen molar-refractivity contribution in [2.45, 2.75) is 16.8 Å². The Hall–Kier alpha value is -3.46. The van der Waals surface area contributed by atoms with Gasteiger partial charge in [0.05, 0.1) is 31.0 Å². The molecule has 1 atom stereocenters. The van der Waals surface area contributed by atoms with Crippen LogP contribution in [0.25, 0.3) is 17.2 Å². The Labute approximate surface area is 230 Å². The van der Waals surface area contributed by atoms with Crippen molar-refractivity contribution in [3.8, 4) is 28.7 Å². The third kappa shape index (κ3) is 6.08. The molecule has 12 nitrogen and oxygen atoms in total. The highest BCUT2D eigenvalue weighted by Crippen LogP contribution is 2.36. The molecule has 2 heterocycles. The summed E-state index contributed by atoms with van der Waals surface area (Å²) in [5.41, 5.74) is 0.698. The van der Waals surface area contributed by atoms with E-state index in [4.69, 9.17) is 21.1 Å². The molecule has 15 heteroatoms. The van der Waals surface area contributed by atoms with E-state index in [2.05, 4.69) is 15.3 Å². The fraction of sp³-hybridized carbons (Fsp3) is 0.292. The van der Waals surface area contributed by atoms with E-state index in [0.29, 0.717) is 22.9 Å². The minimum atomic E-state index is -4.10. The van der Waals surface area contributed by atoms with Gasteiger partial charge in [-0.25, -0.2) is 16.8 Å². The van der Waals surface area contributed by atoms with E-state index in [1.165, 1.54) is 37.0 Å². The lowest BCUT2D eigenvalue weighted by Gasteiger charge is -2.18. The summed E-state index contributed by atoms with van der Waals surface area (Å²) in [5.74, 6) is -0.460. The Bertz CT molecular complexity index is 1710. The van der Waals surface area contributed by atoms with Gasteiger partial charge in [-0.1, -0.05) is 23.7 Å². The molecule has 2 aromatic heterocycles. The zero-order valence-corrected chi connectivity index (χ0v) is 23.8. The van der Waals surface area contributed by atoms with Crippen LogP contribution in [0.3, 0.4) is 0 Å². The van der Waals surface area contributed by atoms with Crippen molar-refractivity contribution in [1.29, 1.82) is 0 Å². The van der Waals surface area contributed by atoms with Crippen LogP contribution in [0.4, 0.5) is 0 Å². The van der Waals surface area contributed by atoms with E-state index in [9.17, 15) is 21.9 Å². The summed E-state index contributed by atoms with van der Waals surface area (Å²) in [6.07, 6.45) is 1.00. The molecule has 0 unspecified atom stereocenters. The van der Waals surface area contributed by atoms with E-state index in [1.807, 2.05) is 0 Å². The summed E-state index contributed by atoms with van der Waals surface area (Å²) in [5, 5.41) is 23.7. The number of ether oxygens (including phenoxy) is 2. The highest BCUT2D eigenvalue weighted by Gasteiger charge is 2.29. The fourth-order valence-electron chi connectivity index (χ4n) is 4.09. The Morgan fingerprint density at radius 1 is 1.03 bits per heavy atom. The van der Waals surface area contributed by atoms with Gasteiger partial charge in [-0.15, -0.1) is 10.2 Å². The monoisotopic (exact) mass is 595 g/mol. The van der Waals surface area contributed by atoms with Crippen molar-refractivity contribution in [1.82, 2.24) is 24.5 Å². The van der Waals surface area contributed by atoms with Gasteiger partial charge in [0.15, 0.2) is 31.3 Å². The Morgan fingerprint density at radius 3 is 2.26 bits per heavy atom. The van der Waals surface area contributed by atoms with Crippen LogP contribution in [0, 0.1) is 0 Å². The van der Waals surface area contributed by atoms with Gasteiger partial charge < -0.3 is 14.6 Å². The lowest BCUT2D eigenvalue weighted by atomic mass is 10.1. The molecule has 0 bridgehead atoms. The summed E-state index contributed by atoms with van der Waals surface area (Å²) in [6, 6.07) is 10.6. The van der Waals surface area contributed by atoms with Gasteiger partial charge in [-0.3, -0.25) is 9.25 Å². The van der Waals surface area contributed by atoms with E-state index in [0.717, 1.165) is 6.26 Å². The first-order valence-corrected chi connectivity index (χ1v) is 15.5.